The van der Waals surface area contributed by atoms with E-state index in [1.807, 2.05) is 4.90 Å². The predicted molar refractivity (Wildman–Crippen MR) is 105 cm³/mol. The van der Waals surface area contributed by atoms with E-state index >= 15 is 0 Å². The van der Waals surface area contributed by atoms with Crippen LogP contribution in [-0.4, -0.2) is 61.5 Å². The summed E-state index contributed by atoms with van der Waals surface area (Å²) in [5, 5.41) is 0. The number of methoxy groups -OCH3 is 1. The highest BCUT2D eigenvalue weighted by molar-refractivity contribution is 5.77. The van der Waals surface area contributed by atoms with Gasteiger partial charge in [0.2, 0.25) is 5.91 Å². The van der Waals surface area contributed by atoms with E-state index < -0.39 is 0 Å². The highest BCUT2D eigenvalue weighted by atomic mass is 16.5. The summed E-state index contributed by atoms with van der Waals surface area (Å²) in [4.78, 5) is 28.2. The number of carbonyl (C=O) groups is 2. The molecule has 0 unspecified atom stereocenters. The standard InChI is InChI=1S/C21H34N2O3/c1-5-22(6-2)16-17-23(15-14-21(25)26-4)20(24)9-7-8-19-12-10-18(3)11-13-19/h10-13H,5-9,14-17H2,1-4H3. The molecule has 0 bridgehead atoms. The molecule has 146 valence electrons. The Morgan fingerprint density at radius 2 is 1.62 bits per heavy atom. The van der Waals surface area contributed by atoms with Gasteiger partial charge >= 0.3 is 5.97 Å². The molecule has 0 heterocycles. The largest absolute Gasteiger partial charge is 0.469 e. The lowest BCUT2D eigenvalue weighted by atomic mass is 10.1. The lowest BCUT2D eigenvalue weighted by Gasteiger charge is -2.26. The fraction of sp³-hybridized carbons (Fsp3) is 0.619. The second-order valence-electron chi connectivity index (χ2n) is 6.57. The van der Waals surface area contributed by atoms with Crippen LogP contribution in [0.5, 0.6) is 0 Å². The number of hydrogen-bond acceptors (Lipinski definition) is 4. The third-order valence-electron chi connectivity index (χ3n) is 4.72. The normalized spacial score (nSPS) is 10.8. The van der Waals surface area contributed by atoms with Crippen molar-refractivity contribution in [3.05, 3.63) is 35.4 Å². The van der Waals surface area contributed by atoms with E-state index in [1.54, 1.807) is 0 Å². The lowest BCUT2D eigenvalue weighted by Crippen LogP contribution is -2.39. The summed E-state index contributed by atoms with van der Waals surface area (Å²) in [6.45, 7) is 10.1. The Labute approximate surface area is 158 Å². The summed E-state index contributed by atoms with van der Waals surface area (Å²) in [5.74, 6) is -0.154. The van der Waals surface area contributed by atoms with Gasteiger partial charge in [0.25, 0.3) is 0 Å². The van der Waals surface area contributed by atoms with Gasteiger partial charge in [0.1, 0.15) is 0 Å². The Kier molecular flexibility index (Phi) is 10.6. The molecule has 0 radical (unpaired) electrons. The molecule has 0 saturated carbocycles. The minimum atomic E-state index is -0.273. The van der Waals surface area contributed by atoms with Crippen molar-refractivity contribution >= 4 is 11.9 Å². The number of esters is 1. The first-order valence-corrected chi connectivity index (χ1v) is 9.62. The van der Waals surface area contributed by atoms with E-state index in [4.69, 9.17) is 4.74 Å². The van der Waals surface area contributed by atoms with E-state index in [0.717, 1.165) is 32.5 Å². The van der Waals surface area contributed by atoms with Crippen molar-refractivity contribution in [2.75, 3.05) is 39.8 Å². The first kappa shape index (κ1) is 22.2. The SMILES string of the molecule is CCN(CC)CCN(CCC(=O)OC)C(=O)CCCc1ccc(C)cc1. The Morgan fingerprint density at radius 3 is 2.19 bits per heavy atom. The van der Waals surface area contributed by atoms with E-state index in [2.05, 4.69) is 49.9 Å². The third kappa shape index (κ3) is 8.48. The van der Waals surface area contributed by atoms with Crippen LogP contribution >= 0.6 is 0 Å². The van der Waals surface area contributed by atoms with Crippen molar-refractivity contribution < 1.29 is 14.3 Å². The number of amides is 1. The van der Waals surface area contributed by atoms with Crippen LogP contribution in [0.3, 0.4) is 0 Å². The molecule has 1 rings (SSSR count). The van der Waals surface area contributed by atoms with Crippen molar-refractivity contribution in [1.82, 2.24) is 9.80 Å². The molecule has 1 aromatic carbocycles. The number of nitrogens with zero attached hydrogens (tertiary/aromatic N) is 2. The van der Waals surface area contributed by atoms with Crippen LogP contribution in [-0.2, 0) is 20.7 Å². The maximum Gasteiger partial charge on any atom is 0.307 e. The van der Waals surface area contributed by atoms with Gasteiger partial charge in [-0.2, -0.15) is 0 Å². The van der Waals surface area contributed by atoms with Crippen molar-refractivity contribution in [1.29, 1.82) is 0 Å². The molecule has 5 heteroatoms. The Morgan fingerprint density at radius 1 is 0.962 bits per heavy atom. The van der Waals surface area contributed by atoms with Crippen molar-refractivity contribution in [2.24, 2.45) is 0 Å². The highest BCUT2D eigenvalue weighted by Crippen LogP contribution is 2.09. The quantitative estimate of drug-likeness (QED) is 0.536. The van der Waals surface area contributed by atoms with Crippen molar-refractivity contribution in [2.45, 2.75) is 46.5 Å². The van der Waals surface area contributed by atoms with Crippen LogP contribution in [0.1, 0.15) is 44.2 Å². The van der Waals surface area contributed by atoms with Crippen LogP contribution in [0.25, 0.3) is 0 Å². The summed E-state index contributed by atoms with van der Waals surface area (Å²) in [7, 11) is 1.38. The number of carbonyl (C=O) groups excluding carboxylic acids is 2. The zero-order valence-corrected chi connectivity index (χ0v) is 16.8. The fourth-order valence-corrected chi connectivity index (χ4v) is 2.85. The average molecular weight is 363 g/mol. The van der Waals surface area contributed by atoms with Gasteiger partial charge in [-0.3, -0.25) is 9.59 Å². The summed E-state index contributed by atoms with van der Waals surface area (Å²) in [6.07, 6.45) is 2.47. The summed E-state index contributed by atoms with van der Waals surface area (Å²) in [5.41, 5.74) is 2.50. The van der Waals surface area contributed by atoms with Crippen molar-refractivity contribution in [3.63, 3.8) is 0 Å². The second kappa shape index (κ2) is 12.5. The van der Waals surface area contributed by atoms with Gasteiger partial charge in [-0.15, -0.1) is 0 Å². The molecule has 0 atom stereocenters. The molecule has 1 amide bonds. The lowest BCUT2D eigenvalue weighted by molar-refractivity contribution is -0.141. The molecule has 0 aliphatic carbocycles. The van der Waals surface area contributed by atoms with Gasteiger partial charge in [-0.1, -0.05) is 43.7 Å². The molecule has 0 fully saturated rings. The molecule has 0 aliphatic heterocycles. The van der Waals surface area contributed by atoms with Crippen LogP contribution in [0.2, 0.25) is 0 Å². The Bertz CT molecular complexity index is 539. The molecule has 0 aliphatic rings. The average Bonchev–Trinajstić information content (AvgIpc) is 2.65. The summed E-state index contributed by atoms with van der Waals surface area (Å²) < 4.78 is 4.71. The molecule has 0 aromatic heterocycles. The summed E-state index contributed by atoms with van der Waals surface area (Å²) >= 11 is 0. The number of hydrogen-bond donors (Lipinski definition) is 0. The number of aryl methyl sites for hydroxylation is 2. The first-order valence-electron chi connectivity index (χ1n) is 9.62. The van der Waals surface area contributed by atoms with Gasteiger partial charge < -0.3 is 14.5 Å². The molecule has 5 nitrogen and oxygen atoms in total. The fourth-order valence-electron chi connectivity index (χ4n) is 2.85. The zero-order chi connectivity index (χ0) is 19.4. The molecule has 0 N–H and O–H groups in total. The van der Waals surface area contributed by atoms with Gasteiger partial charge in [0.15, 0.2) is 0 Å². The molecular weight excluding hydrogens is 328 g/mol. The van der Waals surface area contributed by atoms with Crippen LogP contribution in [0, 0.1) is 6.92 Å². The van der Waals surface area contributed by atoms with Gasteiger partial charge in [-0.05, 0) is 38.4 Å². The molecule has 26 heavy (non-hydrogen) atoms. The number of benzene rings is 1. The number of ether oxygens (including phenoxy) is 1. The maximum atomic E-state index is 12.6. The van der Waals surface area contributed by atoms with Gasteiger partial charge in [0.05, 0.1) is 13.5 Å². The third-order valence-corrected chi connectivity index (χ3v) is 4.72. The second-order valence-corrected chi connectivity index (χ2v) is 6.57. The van der Waals surface area contributed by atoms with E-state index in [9.17, 15) is 9.59 Å². The zero-order valence-electron chi connectivity index (χ0n) is 16.8. The van der Waals surface area contributed by atoms with Crippen LogP contribution < -0.4 is 0 Å². The van der Waals surface area contributed by atoms with E-state index in [0.29, 0.717) is 19.5 Å². The molecule has 1 aromatic rings. The summed E-state index contributed by atoms with van der Waals surface area (Å²) in [6, 6.07) is 8.44. The number of rotatable bonds is 12. The van der Waals surface area contributed by atoms with Crippen molar-refractivity contribution in [3.8, 4) is 0 Å². The molecule has 0 spiro atoms. The number of likely N-dealkylation sites (N-methyl/N-ethyl adjacent to an activating group) is 1. The maximum absolute atomic E-state index is 12.6. The highest BCUT2D eigenvalue weighted by Gasteiger charge is 2.16. The Hall–Kier alpha value is -1.88. The van der Waals surface area contributed by atoms with Gasteiger partial charge in [0, 0.05) is 26.1 Å². The Balaban J connectivity index is 2.51. The topological polar surface area (TPSA) is 49.9 Å². The van der Waals surface area contributed by atoms with Crippen LogP contribution in [0.4, 0.5) is 0 Å². The monoisotopic (exact) mass is 362 g/mol. The molecule has 0 saturated heterocycles. The minimum Gasteiger partial charge on any atom is -0.469 e. The first-order chi connectivity index (χ1) is 12.5. The molecular formula is C21H34N2O3. The van der Waals surface area contributed by atoms with Gasteiger partial charge in [-0.25, -0.2) is 0 Å². The minimum absolute atomic E-state index is 0.119. The predicted octanol–water partition coefficient (Wildman–Crippen LogP) is 3.05. The smallest absolute Gasteiger partial charge is 0.307 e. The van der Waals surface area contributed by atoms with E-state index in [-0.39, 0.29) is 18.3 Å². The van der Waals surface area contributed by atoms with Crippen LogP contribution in [0.15, 0.2) is 24.3 Å². The van der Waals surface area contributed by atoms with E-state index in [1.165, 1.54) is 18.2 Å².